The highest BCUT2D eigenvalue weighted by Gasteiger charge is 2.32. The molecule has 0 saturated carbocycles. The van der Waals surface area contributed by atoms with Gasteiger partial charge in [-0.05, 0) is 82.6 Å². The van der Waals surface area contributed by atoms with E-state index in [-0.39, 0.29) is 6.09 Å². The Morgan fingerprint density at radius 1 is 0.900 bits per heavy atom. The number of anilines is 1. The third-order valence-electron chi connectivity index (χ3n) is 5.88. The number of carboxylic acid groups (broad SMARTS) is 1. The molecule has 2 aliphatic heterocycles. The first-order valence-electron chi connectivity index (χ1n) is 11.3. The highest BCUT2D eigenvalue weighted by molar-refractivity contribution is 5.88. The lowest BCUT2D eigenvalue weighted by molar-refractivity contribution is 0.0152. The van der Waals surface area contributed by atoms with Crippen LogP contribution in [0.15, 0.2) is 24.3 Å². The second-order valence-corrected chi connectivity index (χ2v) is 8.98. The van der Waals surface area contributed by atoms with Crippen LogP contribution in [0.25, 0.3) is 0 Å². The molecule has 6 nitrogen and oxygen atoms in total. The highest BCUT2D eigenvalue weighted by atomic mass is 16.6. The number of piperidine rings is 2. The highest BCUT2D eigenvalue weighted by Crippen LogP contribution is 2.34. The van der Waals surface area contributed by atoms with Crippen LogP contribution in [0.2, 0.25) is 0 Å². The Hall–Kier alpha value is -2.24. The average Bonchev–Trinajstić information content (AvgIpc) is 2.74. The van der Waals surface area contributed by atoms with Crippen molar-refractivity contribution in [2.45, 2.75) is 65.9 Å². The summed E-state index contributed by atoms with van der Waals surface area (Å²) in [5.41, 5.74) is 0.988. The molecule has 0 radical (unpaired) electrons. The van der Waals surface area contributed by atoms with Gasteiger partial charge in [-0.25, -0.2) is 9.59 Å². The zero-order valence-corrected chi connectivity index (χ0v) is 19.2. The Balaban J connectivity index is 0.00000155. The van der Waals surface area contributed by atoms with Gasteiger partial charge in [-0.15, -0.1) is 0 Å². The minimum atomic E-state index is -0.886. The van der Waals surface area contributed by atoms with Gasteiger partial charge < -0.3 is 19.6 Å². The van der Waals surface area contributed by atoms with Gasteiger partial charge in [-0.1, -0.05) is 13.8 Å². The van der Waals surface area contributed by atoms with Crippen molar-refractivity contribution in [1.29, 1.82) is 0 Å². The Labute approximate surface area is 181 Å². The van der Waals surface area contributed by atoms with E-state index in [9.17, 15) is 9.59 Å². The number of ether oxygens (including phenoxy) is 1. The SMILES string of the molecule is CC.CC(C)(C)OC(=O)N1CCC(C2CCN(c3ccc(C(=O)O)cc3)CC2)CC1. The number of carbonyl (C=O) groups excluding carboxylic acids is 1. The largest absolute Gasteiger partial charge is 0.478 e. The molecule has 0 aliphatic carbocycles. The molecule has 6 heteroatoms. The van der Waals surface area contributed by atoms with Crippen LogP contribution < -0.4 is 4.90 Å². The zero-order chi connectivity index (χ0) is 22.3. The summed E-state index contributed by atoms with van der Waals surface area (Å²) in [5, 5.41) is 9.03. The molecule has 2 saturated heterocycles. The van der Waals surface area contributed by atoms with Gasteiger partial charge in [-0.2, -0.15) is 0 Å². The van der Waals surface area contributed by atoms with Crippen molar-refractivity contribution in [2.24, 2.45) is 11.8 Å². The van der Waals surface area contributed by atoms with E-state index in [1.54, 1.807) is 12.1 Å². The number of aromatic carboxylic acids is 1. The molecule has 0 unspecified atom stereocenters. The van der Waals surface area contributed by atoms with E-state index in [4.69, 9.17) is 9.84 Å². The maximum Gasteiger partial charge on any atom is 0.410 e. The maximum absolute atomic E-state index is 12.2. The Kier molecular flexibility index (Phi) is 8.56. The minimum absolute atomic E-state index is 0.189. The van der Waals surface area contributed by atoms with Crippen LogP contribution in [0, 0.1) is 11.8 Å². The number of amides is 1. The molecule has 0 aromatic heterocycles. The quantitative estimate of drug-likeness (QED) is 0.724. The second-order valence-electron chi connectivity index (χ2n) is 8.98. The molecule has 0 atom stereocenters. The number of nitrogens with zero attached hydrogens (tertiary/aromatic N) is 2. The Morgan fingerprint density at radius 2 is 1.37 bits per heavy atom. The maximum atomic E-state index is 12.2. The van der Waals surface area contributed by atoms with Crippen molar-refractivity contribution < 1.29 is 19.4 Å². The normalized spacial score (nSPS) is 18.4. The molecule has 168 valence electrons. The van der Waals surface area contributed by atoms with Crippen LogP contribution >= 0.6 is 0 Å². The molecule has 1 N–H and O–H groups in total. The summed E-state index contributed by atoms with van der Waals surface area (Å²) in [6.07, 6.45) is 4.22. The Bertz CT molecular complexity index is 680. The van der Waals surface area contributed by atoms with Gasteiger partial charge in [0.25, 0.3) is 0 Å². The summed E-state index contributed by atoms with van der Waals surface area (Å²) in [6, 6.07) is 7.17. The standard InChI is InChI=1S/C22H32N2O4.C2H6/c1-22(2,3)28-21(27)24-14-10-17(11-15-24)16-8-12-23(13-9-16)19-6-4-18(5-7-19)20(25)26;1-2/h4-7,16-17H,8-15H2,1-3H3,(H,25,26);1-2H3. The minimum Gasteiger partial charge on any atom is -0.478 e. The van der Waals surface area contributed by atoms with Gasteiger partial charge in [0.15, 0.2) is 0 Å². The summed E-state index contributed by atoms with van der Waals surface area (Å²) in [4.78, 5) is 27.4. The summed E-state index contributed by atoms with van der Waals surface area (Å²) in [6.45, 7) is 13.3. The number of carboxylic acids is 1. The molecule has 3 rings (SSSR count). The van der Waals surface area contributed by atoms with E-state index in [0.29, 0.717) is 17.4 Å². The number of hydrogen-bond acceptors (Lipinski definition) is 4. The van der Waals surface area contributed by atoms with Crippen LogP contribution in [0.5, 0.6) is 0 Å². The smallest absolute Gasteiger partial charge is 0.410 e. The van der Waals surface area contributed by atoms with Crippen molar-refractivity contribution in [3.8, 4) is 0 Å². The predicted octanol–water partition coefficient (Wildman–Crippen LogP) is 5.27. The van der Waals surface area contributed by atoms with Crippen LogP contribution in [-0.4, -0.2) is 53.8 Å². The van der Waals surface area contributed by atoms with Gasteiger partial charge >= 0.3 is 12.1 Å². The van der Waals surface area contributed by atoms with Crippen molar-refractivity contribution >= 4 is 17.7 Å². The van der Waals surface area contributed by atoms with Gasteiger partial charge in [0.05, 0.1) is 5.56 Å². The third kappa shape index (κ3) is 6.64. The van der Waals surface area contributed by atoms with Gasteiger partial charge in [0.1, 0.15) is 5.60 Å². The molecule has 1 aromatic carbocycles. The summed E-state index contributed by atoms with van der Waals surface area (Å²) in [7, 11) is 0. The lowest BCUT2D eigenvalue weighted by Crippen LogP contribution is -2.44. The number of likely N-dealkylation sites (tertiary alicyclic amines) is 1. The third-order valence-corrected chi connectivity index (χ3v) is 5.88. The van der Waals surface area contributed by atoms with Crippen LogP contribution in [0.1, 0.15) is 70.7 Å². The molecular weight excluding hydrogens is 380 g/mol. The predicted molar refractivity (Wildman–Crippen MR) is 120 cm³/mol. The summed E-state index contributed by atoms with van der Waals surface area (Å²) >= 11 is 0. The van der Waals surface area contributed by atoms with Crippen LogP contribution in [0.3, 0.4) is 0 Å². The molecule has 2 fully saturated rings. The lowest BCUT2D eigenvalue weighted by Gasteiger charge is -2.41. The summed E-state index contributed by atoms with van der Waals surface area (Å²) < 4.78 is 5.49. The number of rotatable bonds is 3. The molecule has 0 spiro atoms. The number of benzene rings is 1. The van der Waals surface area contributed by atoms with Crippen LogP contribution in [-0.2, 0) is 4.74 Å². The monoisotopic (exact) mass is 418 g/mol. The lowest BCUT2D eigenvalue weighted by atomic mass is 9.79. The fourth-order valence-corrected chi connectivity index (χ4v) is 4.32. The van der Waals surface area contributed by atoms with E-state index in [2.05, 4.69) is 4.90 Å². The first-order chi connectivity index (χ1) is 14.2. The van der Waals surface area contributed by atoms with E-state index in [1.807, 2.05) is 51.7 Å². The number of carbonyl (C=O) groups is 2. The molecule has 1 aromatic rings. The topological polar surface area (TPSA) is 70.1 Å². The average molecular weight is 419 g/mol. The first-order valence-corrected chi connectivity index (χ1v) is 11.3. The molecular formula is C24H38N2O4. The first kappa shape index (κ1) is 24.0. The van der Waals surface area contributed by atoms with E-state index >= 15 is 0 Å². The fraction of sp³-hybridized carbons (Fsp3) is 0.667. The van der Waals surface area contributed by atoms with Gasteiger partial charge in [0, 0.05) is 31.9 Å². The number of hydrogen-bond donors (Lipinski definition) is 1. The second kappa shape index (κ2) is 10.7. The molecule has 1 amide bonds. The Morgan fingerprint density at radius 3 is 1.80 bits per heavy atom. The van der Waals surface area contributed by atoms with E-state index in [0.717, 1.165) is 57.5 Å². The van der Waals surface area contributed by atoms with Crippen molar-refractivity contribution in [3.63, 3.8) is 0 Å². The zero-order valence-electron chi connectivity index (χ0n) is 19.2. The van der Waals surface area contributed by atoms with Crippen molar-refractivity contribution in [1.82, 2.24) is 4.90 Å². The van der Waals surface area contributed by atoms with Crippen molar-refractivity contribution in [3.05, 3.63) is 29.8 Å². The van der Waals surface area contributed by atoms with E-state index in [1.165, 1.54) is 0 Å². The molecule has 2 heterocycles. The van der Waals surface area contributed by atoms with Gasteiger partial charge in [0.2, 0.25) is 0 Å². The van der Waals surface area contributed by atoms with E-state index < -0.39 is 11.6 Å². The summed E-state index contributed by atoms with van der Waals surface area (Å²) in [5.74, 6) is 0.494. The van der Waals surface area contributed by atoms with Gasteiger partial charge in [-0.3, -0.25) is 0 Å². The molecule has 2 aliphatic rings. The van der Waals surface area contributed by atoms with Crippen molar-refractivity contribution in [2.75, 3.05) is 31.1 Å². The molecule has 0 bridgehead atoms. The van der Waals surface area contributed by atoms with Crippen LogP contribution in [0.4, 0.5) is 10.5 Å². The molecule has 30 heavy (non-hydrogen) atoms. The fourth-order valence-electron chi connectivity index (χ4n) is 4.32.